The van der Waals surface area contributed by atoms with Gasteiger partial charge in [0.1, 0.15) is 12.1 Å². The lowest BCUT2D eigenvalue weighted by Crippen LogP contribution is -2.25. The van der Waals surface area contributed by atoms with Crippen molar-refractivity contribution in [3.8, 4) is 5.75 Å². The first-order chi connectivity index (χ1) is 12.7. The molecule has 132 valence electrons. The molecule has 9 nitrogen and oxygen atoms in total. The second kappa shape index (κ2) is 6.92. The fraction of sp³-hybridized carbons (Fsp3) is 0.188. The molecule has 2 amide bonds. The Balaban J connectivity index is 1.49. The Morgan fingerprint density at radius 2 is 2.35 bits per heavy atom. The number of fused-ring (bicyclic) bond motifs is 1. The summed E-state index contributed by atoms with van der Waals surface area (Å²) in [6, 6.07) is 6.75. The molecule has 1 aliphatic rings. The number of amides is 2. The Hall–Kier alpha value is -3.27. The fourth-order valence-corrected chi connectivity index (χ4v) is 3.40. The van der Waals surface area contributed by atoms with E-state index in [-0.39, 0.29) is 30.9 Å². The van der Waals surface area contributed by atoms with Crippen molar-refractivity contribution in [3.63, 3.8) is 0 Å². The predicted molar refractivity (Wildman–Crippen MR) is 94.1 cm³/mol. The van der Waals surface area contributed by atoms with Gasteiger partial charge in [0.2, 0.25) is 5.91 Å². The molecule has 10 heteroatoms. The molecule has 2 aromatic heterocycles. The standard InChI is InChI=1S/C16H14N6O3S/c23-15(6-13(10-3-4-26-8-10)22-9-17-20-21-22)18-11-1-2-14-12(5-11)19-16(24)7-25-14/h1-5,8-9,13H,6-7H2,(H,18,23)(H,19,24)/t13-/m1/s1. The van der Waals surface area contributed by atoms with Gasteiger partial charge >= 0.3 is 0 Å². The second-order valence-corrected chi connectivity index (χ2v) is 6.44. The van der Waals surface area contributed by atoms with E-state index in [1.165, 1.54) is 6.33 Å². The first-order valence-corrected chi connectivity index (χ1v) is 8.74. The van der Waals surface area contributed by atoms with E-state index in [9.17, 15) is 9.59 Å². The summed E-state index contributed by atoms with van der Waals surface area (Å²) in [4.78, 5) is 24.0. The number of nitrogens with zero attached hydrogens (tertiary/aromatic N) is 4. The van der Waals surface area contributed by atoms with Gasteiger partial charge in [-0.2, -0.15) is 11.3 Å². The van der Waals surface area contributed by atoms with Gasteiger partial charge in [0.05, 0.1) is 18.2 Å². The lowest BCUT2D eigenvalue weighted by atomic mass is 10.1. The van der Waals surface area contributed by atoms with E-state index in [0.29, 0.717) is 17.1 Å². The van der Waals surface area contributed by atoms with Crippen LogP contribution in [0.4, 0.5) is 11.4 Å². The van der Waals surface area contributed by atoms with Crippen molar-refractivity contribution in [2.45, 2.75) is 12.5 Å². The third-order valence-corrected chi connectivity index (χ3v) is 4.59. The smallest absolute Gasteiger partial charge is 0.262 e. The number of benzene rings is 1. The third kappa shape index (κ3) is 3.40. The number of ether oxygens (including phenoxy) is 1. The minimum atomic E-state index is -0.295. The van der Waals surface area contributed by atoms with Crippen molar-refractivity contribution in [1.82, 2.24) is 20.2 Å². The van der Waals surface area contributed by atoms with Gasteiger partial charge in [0.25, 0.3) is 5.91 Å². The molecule has 0 unspecified atom stereocenters. The van der Waals surface area contributed by atoms with Gasteiger partial charge in [-0.05, 0) is 51.0 Å². The van der Waals surface area contributed by atoms with Crippen LogP contribution in [0.15, 0.2) is 41.4 Å². The van der Waals surface area contributed by atoms with E-state index in [0.717, 1.165) is 5.56 Å². The molecule has 0 saturated carbocycles. The molecule has 1 aliphatic heterocycles. The minimum absolute atomic E-state index is 0.00698. The number of carbonyl (C=O) groups excluding carboxylic acids is 2. The molecule has 0 bridgehead atoms. The maximum Gasteiger partial charge on any atom is 0.262 e. The average molecular weight is 370 g/mol. The largest absolute Gasteiger partial charge is 0.482 e. The van der Waals surface area contributed by atoms with Gasteiger partial charge in [-0.3, -0.25) is 9.59 Å². The van der Waals surface area contributed by atoms with Crippen LogP contribution in [0.5, 0.6) is 5.75 Å². The van der Waals surface area contributed by atoms with Crippen LogP contribution in [-0.4, -0.2) is 38.6 Å². The molecule has 0 fully saturated rings. The molecule has 26 heavy (non-hydrogen) atoms. The number of rotatable bonds is 5. The highest BCUT2D eigenvalue weighted by molar-refractivity contribution is 7.08. The van der Waals surface area contributed by atoms with E-state index < -0.39 is 0 Å². The van der Waals surface area contributed by atoms with Crippen molar-refractivity contribution in [3.05, 3.63) is 46.9 Å². The zero-order valence-electron chi connectivity index (χ0n) is 13.5. The van der Waals surface area contributed by atoms with Crippen LogP contribution in [-0.2, 0) is 9.59 Å². The van der Waals surface area contributed by atoms with Gasteiger partial charge in [0, 0.05) is 5.69 Å². The van der Waals surface area contributed by atoms with Crippen LogP contribution in [0.1, 0.15) is 18.0 Å². The molecule has 3 heterocycles. The predicted octanol–water partition coefficient (Wildman–Crippen LogP) is 1.68. The molecular weight excluding hydrogens is 356 g/mol. The number of nitrogens with one attached hydrogen (secondary N) is 2. The van der Waals surface area contributed by atoms with Gasteiger partial charge in [-0.1, -0.05) is 0 Å². The van der Waals surface area contributed by atoms with E-state index in [2.05, 4.69) is 26.2 Å². The van der Waals surface area contributed by atoms with Crippen molar-refractivity contribution >= 4 is 34.5 Å². The number of hydrogen-bond acceptors (Lipinski definition) is 7. The second-order valence-electron chi connectivity index (χ2n) is 5.66. The number of carbonyl (C=O) groups is 2. The maximum atomic E-state index is 12.5. The quantitative estimate of drug-likeness (QED) is 0.707. The summed E-state index contributed by atoms with van der Waals surface area (Å²) in [6.45, 7) is -0.00698. The lowest BCUT2D eigenvalue weighted by molar-refractivity contribution is -0.118. The van der Waals surface area contributed by atoms with E-state index >= 15 is 0 Å². The summed E-state index contributed by atoms with van der Waals surface area (Å²) < 4.78 is 6.87. The van der Waals surface area contributed by atoms with E-state index in [1.807, 2.05) is 16.8 Å². The summed E-state index contributed by atoms with van der Waals surface area (Å²) in [6.07, 6.45) is 1.66. The van der Waals surface area contributed by atoms with Gasteiger partial charge in [0.15, 0.2) is 6.61 Å². The Kier molecular flexibility index (Phi) is 4.32. The van der Waals surface area contributed by atoms with Crippen LogP contribution >= 0.6 is 11.3 Å². The molecule has 2 N–H and O–H groups in total. The highest BCUT2D eigenvalue weighted by Gasteiger charge is 2.21. The molecule has 1 aromatic carbocycles. The first-order valence-electron chi connectivity index (χ1n) is 7.80. The van der Waals surface area contributed by atoms with Crippen molar-refractivity contribution in [2.24, 2.45) is 0 Å². The number of hydrogen-bond donors (Lipinski definition) is 2. The zero-order valence-corrected chi connectivity index (χ0v) is 14.3. The van der Waals surface area contributed by atoms with Crippen LogP contribution in [0.25, 0.3) is 0 Å². The molecule has 0 radical (unpaired) electrons. The van der Waals surface area contributed by atoms with E-state index in [1.54, 1.807) is 34.2 Å². The Morgan fingerprint density at radius 3 is 3.12 bits per heavy atom. The van der Waals surface area contributed by atoms with Crippen LogP contribution < -0.4 is 15.4 Å². The van der Waals surface area contributed by atoms with Crippen molar-refractivity contribution in [1.29, 1.82) is 0 Å². The third-order valence-electron chi connectivity index (χ3n) is 3.89. The zero-order chi connectivity index (χ0) is 17.9. The van der Waals surface area contributed by atoms with Crippen molar-refractivity contribution in [2.75, 3.05) is 17.2 Å². The van der Waals surface area contributed by atoms with Gasteiger partial charge in [-0.25, -0.2) is 4.68 Å². The molecule has 0 spiro atoms. The normalized spacial score (nSPS) is 14.1. The van der Waals surface area contributed by atoms with Crippen LogP contribution in [0.2, 0.25) is 0 Å². The number of thiophene rings is 1. The highest BCUT2D eigenvalue weighted by atomic mass is 32.1. The SMILES string of the molecule is O=C(C[C@H](c1ccsc1)n1cnnn1)Nc1ccc2c(c1)NC(=O)CO2. The van der Waals surface area contributed by atoms with Gasteiger partial charge in [-0.15, -0.1) is 5.10 Å². The summed E-state index contributed by atoms with van der Waals surface area (Å²) in [5.41, 5.74) is 2.07. The van der Waals surface area contributed by atoms with E-state index in [4.69, 9.17) is 4.74 Å². The van der Waals surface area contributed by atoms with Gasteiger partial charge < -0.3 is 15.4 Å². The molecule has 0 aliphatic carbocycles. The molecule has 3 aromatic rings. The minimum Gasteiger partial charge on any atom is -0.482 e. The van der Waals surface area contributed by atoms with Crippen LogP contribution in [0.3, 0.4) is 0 Å². The molecule has 1 atom stereocenters. The Bertz CT molecular complexity index is 891. The fourth-order valence-electron chi connectivity index (χ4n) is 2.69. The topological polar surface area (TPSA) is 111 Å². The Morgan fingerprint density at radius 1 is 1.42 bits per heavy atom. The monoisotopic (exact) mass is 370 g/mol. The molecular formula is C16H14N6O3S. The number of anilines is 2. The highest BCUT2D eigenvalue weighted by Crippen LogP contribution is 2.31. The Labute approximate surface area is 152 Å². The molecule has 4 rings (SSSR count). The number of aromatic nitrogens is 4. The summed E-state index contributed by atoms with van der Waals surface area (Å²) in [5, 5.41) is 20.7. The molecule has 0 saturated heterocycles. The maximum absolute atomic E-state index is 12.5. The summed E-state index contributed by atoms with van der Waals surface area (Å²) in [5.74, 6) is 0.157. The first kappa shape index (κ1) is 16.2. The summed E-state index contributed by atoms with van der Waals surface area (Å²) >= 11 is 1.54. The summed E-state index contributed by atoms with van der Waals surface area (Å²) in [7, 11) is 0. The number of tetrazole rings is 1. The van der Waals surface area contributed by atoms with Crippen LogP contribution in [0, 0.1) is 0 Å². The lowest BCUT2D eigenvalue weighted by Gasteiger charge is -2.19. The average Bonchev–Trinajstić information content (AvgIpc) is 3.33. The van der Waals surface area contributed by atoms with Crippen molar-refractivity contribution < 1.29 is 14.3 Å².